The molecule has 1 aromatic carbocycles. The highest BCUT2D eigenvalue weighted by Crippen LogP contribution is 2.27. The molecule has 0 aromatic heterocycles. The Bertz CT molecular complexity index is 552. The van der Waals surface area contributed by atoms with Crippen molar-refractivity contribution in [3.05, 3.63) is 23.2 Å². The fourth-order valence-electron chi connectivity index (χ4n) is 1.68. The van der Waals surface area contributed by atoms with Crippen LogP contribution in [0.2, 0.25) is 5.02 Å². The quantitative estimate of drug-likeness (QED) is 0.677. The molecule has 0 unspecified atom stereocenters. The molecule has 2 N–H and O–H groups in total. The highest BCUT2D eigenvalue weighted by Gasteiger charge is 2.17. The number of hydrogen-bond acceptors (Lipinski definition) is 4. The zero-order valence-corrected chi connectivity index (χ0v) is 14.1. The second-order valence-electron chi connectivity index (χ2n) is 4.49. The first-order valence-corrected chi connectivity index (χ1v) is 8.51. The summed E-state index contributed by atoms with van der Waals surface area (Å²) in [5, 5.41) is 3.51. The molecule has 0 radical (unpaired) electrons. The standard InChI is InChI=1S/C13H22ClN3O3S/c1-4-15-8-5-9-17(2)21(18,19)16-11-6-7-13(20-3)12(14)10-11/h6-7,10,15-16H,4-5,8-9H2,1-3H3. The van der Waals surface area contributed by atoms with Crippen LogP contribution in [0.25, 0.3) is 0 Å². The molecule has 21 heavy (non-hydrogen) atoms. The third kappa shape index (κ3) is 5.70. The van der Waals surface area contributed by atoms with Gasteiger partial charge in [0.1, 0.15) is 5.75 Å². The maximum atomic E-state index is 12.1. The number of ether oxygens (including phenoxy) is 1. The average molecular weight is 336 g/mol. The Balaban J connectivity index is 2.64. The van der Waals surface area contributed by atoms with Crippen LogP contribution in [-0.2, 0) is 10.2 Å². The molecule has 0 saturated heterocycles. The van der Waals surface area contributed by atoms with Gasteiger partial charge in [-0.1, -0.05) is 18.5 Å². The molecule has 1 aromatic rings. The summed E-state index contributed by atoms with van der Waals surface area (Å²) in [6.45, 7) is 4.10. The first kappa shape index (κ1) is 18.0. The summed E-state index contributed by atoms with van der Waals surface area (Å²) in [4.78, 5) is 0. The molecule has 1 rings (SSSR count). The van der Waals surface area contributed by atoms with E-state index in [-0.39, 0.29) is 0 Å². The van der Waals surface area contributed by atoms with Gasteiger partial charge in [-0.2, -0.15) is 12.7 Å². The minimum atomic E-state index is -3.58. The molecule has 0 atom stereocenters. The summed E-state index contributed by atoms with van der Waals surface area (Å²) >= 11 is 5.97. The van der Waals surface area contributed by atoms with Crippen LogP contribution in [0.4, 0.5) is 5.69 Å². The molecule has 0 fully saturated rings. The summed E-state index contributed by atoms with van der Waals surface area (Å²) in [5.74, 6) is 0.499. The minimum Gasteiger partial charge on any atom is -0.495 e. The first-order valence-electron chi connectivity index (χ1n) is 6.69. The van der Waals surface area contributed by atoms with Crippen molar-refractivity contribution in [3.63, 3.8) is 0 Å². The van der Waals surface area contributed by atoms with Gasteiger partial charge in [-0.05, 0) is 37.7 Å². The van der Waals surface area contributed by atoms with Gasteiger partial charge in [0.2, 0.25) is 0 Å². The zero-order chi connectivity index (χ0) is 15.9. The largest absolute Gasteiger partial charge is 0.495 e. The Morgan fingerprint density at radius 1 is 1.38 bits per heavy atom. The summed E-state index contributed by atoms with van der Waals surface area (Å²) in [6, 6.07) is 4.74. The van der Waals surface area contributed by atoms with E-state index in [2.05, 4.69) is 10.0 Å². The van der Waals surface area contributed by atoms with E-state index in [1.54, 1.807) is 19.2 Å². The molecule has 0 saturated carbocycles. The fraction of sp³-hybridized carbons (Fsp3) is 0.538. The highest BCUT2D eigenvalue weighted by atomic mass is 35.5. The number of nitrogens with zero attached hydrogens (tertiary/aromatic N) is 1. The smallest absolute Gasteiger partial charge is 0.301 e. The highest BCUT2D eigenvalue weighted by molar-refractivity contribution is 7.90. The van der Waals surface area contributed by atoms with E-state index in [0.717, 1.165) is 19.5 Å². The van der Waals surface area contributed by atoms with Gasteiger partial charge in [0.05, 0.1) is 17.8 Å². The molecule has 120 valence electrons. The maximum absolute atomic E-state index is 12.1. The van der Waals surface area contributed by atoms with Crippen molar-refractivity contribution in [1.82, 2.24) is 9.62 Å². The van der Waals surface area contributed by atoms with Crippen LogP contribution in [0, 0.1) is 0 Å². The number of halogens is 1. The molecule has 0 aliphatic rings. The van der Waals surface area contributed by atoms with Crippen molar-refractivity contribution in [2.24, 2.45) is 0 Å². The average Bonchev–Trinajstić information content (AvgIpc) is 2.43. The van der Waals surface area contributed by atoms with Gasteiger partial charge in [-0.25, -0.2) is 0 Å². The molecule has 0 amide bonds. The van der Waals surface area contributed by atoms with E-state index < -0.39 is 10.2 Å². The lowest BCUT2D eigenvalue weighted by atomic mass is 10.3. The number of nitrogens with one attached hydrogen (secondary N) is 2. The van der Waals surface area contributed by atoms with Crippen LogP contribution in [0.5, 0.6) is 5.75 Å². The maximum Gasteiger partial charge on any atom is 0.301 e. The SMILES string of the molecule is CCNCCCN(C)S(=O)(=O)Nc1ccc(OC)c(Cl)c1. The summed E-state index contributed by atoms with van der Waals surface area (Å²) in [7, 11) is -0.537. The second-order valence-corrected chi connectivity index (χ2v) is 6.67. The molecule has 0 bridgehead atoms. The third-order valence-electron chi connectivity index (χ3n) is 2.89. The fourth-order valence-corrected chi connectivity index (χ4v) is 2.89. The van der Waals surface area contributed by atoms with E-state index in [1.165, 1.54) is 17.5 Å². The number of rotatable bonds is 9. The summed E-state index contributed by atoms with van der Waals surface area (Å²) in [6.07, 6.45) is 0.745. The van der Waals surface area contributed by atoms with E-state index in [4.69, 9.17) is 16.3 Å². The zero-order valence-electron chi connectivity index (χ0n) is 12.5. The Labute approximate surface area is 131 Å². The monoisotopic (exact) mass is 335 g/mol. The summed E-state index contributed by atoms with van der Waals surface area (Å²) < 4.78 is 33.1. The Hall–Kier alpha value is -1.02. The van der Waals surface area contributed by atoms with E-state index in [0.29, 0.717) is 23.0 Å². The Kier molecular flexibility index (Phi) is 7.24. The molecule has 8 heteroatoms. The lowest BCUT2D eigenvalue weighted by Crippen LogP contribution is -2.34. The van der Waals surface area contributed by atoms with Crippen molar-refractivity contribution in [3.8, 4) is 5.75 Å². The second kappa shape index (κ2) is 8.43. The first-order chi connectivity index (χ1) is 9.90. The Morgan fingerprint density at radius 3 is 2.67 bits per heavy atom. The van der Waals surface area contributed by atoms with Gasteiger partial charge >= 0.3 is 10.2 Å². The number of hydrogen-bond donors (Lipinski definition) is 2. The number of methoxy groups -OCH3 is 1. The van der Waals surface area contributed by atoms with Gasteiger partial charge in [0, 0.05) is 13.6 Å². The van der Waals surface area contributed by atoms with Crippen molar-refractivity contribution < 1.29 is 13.2 Å². The van der Waals surface area contributed by atoms with Crippen molar-refractivity contribution in [2.45, 2.75) is 13.3 Å². The minimum absolute atomic E-state index is 0.354. The molecular formula is C13H22ClN3O3S. The van der Waals surface area contributed by atoms with Crippen molar-refractivity contribution in [2.75, 3.05) is 38.5 Å². The topological polar surface area (TPSA) is 70.7 Å². The predicted molar refractivity (Wildman–Crippen MR) is 86.3 cm³/mol. The van der Waals surface area contributed by atoms with Gasteiger partial charge in [0.25, 0.3) is 0 Å². The molecule has 0 heterocycles. The van der Waals surface area contributed by atoms with Crippen LogP contribution in [0.15, 0.2) is 18.2 Å². The van der Waals surface area contributed by atoms with Crippen LogP contribution in [0.3, 0.4) is 0 Å². The van der Waals surface area contributed by atoms with Gasteiger partial charge in [-0.3, -0.25) is 4.72 Å². The summed E-state index contributed by atoms with van der Waals surface area (Å²) in [5.41, 5.74) is 0.402. The molecule has 0 spiro atoms. The van der Waals surface area contributed by atoms with Crippen LogP contribution in [0.1, 0.15) is 13.3 Å². The number of benzene rings is 1. The third-order valence-corrected chi connectivity index (χ3v) is 4.68. The number of anilines is 1. The van der Waals surface area contributed by atoms with Crippen LogP contribution >= 0.6 is 11.6 Å². The van der Waals surface area contributed by atoms with E-state index in [1.807, 2.05) is 6.92 Å². The molecular weight excluding hydrogens is 314 g/mol. The van der Waals surface area contributed by atoms with Gasteiger partial charge < -0.3 is 10.1 Å². The molecule has 6 nitrogen and oxygen atoms in total. The molecule has 0 aliphatic heterocycles. The molecule has 0 aliphatic carbocycles. The van der Waals surface area contributed by atoms with E-state index in [9.17, 15) is 8.42 Å². The van der Waals surface area contributed by atoms with Crippen LogP contribution < -0.4 is 14.8 Å². The van der Waals surface area contributed by atoms with E-state index >= 15 is 0 Å². The lowest BCUT2D eigenvalue weighted by Gasteiger charge is -2.18. The van der Waals surface area contributed by atoms with Gasteiger partial charge in [-0.15, -0.1) is 0 Å². The Morgan fingerprint density at radius 2 is 2.10 bits per heavy atom. The lowest BCUT2D eigenvalue weighted by molar-refractivity contribution is 0.415. The van der Waals surface area contributed by atoms with Crippen molar-refractivity contribution >= 4 is 27.5 Å². The van der Waals surface area contributed by atoms with Gasteiger partial charge in [0.15, 0.2) is 0 Å². The predicted octanol–water partition coefficient (Wildman–Crippen LogP) is 1.94. The van der Waals surface area contributed by atoms with Crippen LogP contribution in [-0.4, -0.2) is 46.5 Å². The van der Waals surface area contributed by atoms with Crippen molar-refractivity contribution in [1.29, 1.82) is 0 Å². The normalized spacial score (nSPS) is 11.7.